The summed E-state index contributed by atoms with van der Waals surface area (Å²) >= 11 is 13.1. The molecule has 5 rings (SSSR count). The molecule has 232 valence electrons. The molecule has 3 aromatic carbocycles. The minimum Gasteiger partial charge on any atom is -0.460 e. The van der Waals surface area contributed by atoms with E-state index >= 15 is 0 Å². The van der Waals surface area contributed by atoms with Crippen LogP contribution in [0.4, 0.5) is 0 Å². The molecule has 0 bridgehead atoms. The van der Waals surface area contributed by atoms with Crippen molar-refractivity contribution in [2.45, 2.75) is 82.9 Å². The Kier molecular flexibility index (Phi) is 10.0. The average molecular weight is 636 g/mol. The van der Waals surface area contributed by atoms with Crippen LogP contribution in [-0.2, 0) is 20.7 Å². The van der Waals surface area contributed by atoms with E-state index in [1.165, 1.54) is 0 Å². The van der Waals surface area contributed by atoms with E-state index in [-0.39, 0.29) is 29.7 Å². The van der Waals surface area contributed by atoms with Crippen LogP contribution in [0.5, 0.6) is 0 Å². The molecule has 1 fully saturated rings. The highest BCUT2D eigenvalue weighted by Crippen LogP contribution is 2.48. The van der Waals surface area contributed by atoms with Crippen LogP contribution >= 0.6 is 23.2 Å². The molecule has 2 aliphatic rings. The number of esters is 1. The number of nitrogens with one attached hydrogen (secondary N) is 1. The molecule has 8 heteroatoms. The summed E-state index contributed by atoms with van der Waals surface area (Å²) in [6.07, 6.45) is 4.04. The molecule has 3 aromatic rings. The van der Waals surface area contributed by atoms with E-state index in [4.69, 9.17) is 27.9 Å². The summed E-state index contributed by atoms with van der Waals surface area (Å²) in [5.41, 5.74) is 2.53. The van der Waals surface area contributed by atoms with Gasteiger partial charge in [0, 0.05) is 34.6 Å². The standard InChI is InChI=1S/C36H40Cl2N2O4/c1-36(2,3)44-31(41)21-24-13-16-26(17-14-24)40-33(29-18-15-25(37)22-30(29)38)32(27-11-7-8-12-28(27)35(40)43)34(42)39-20-19-23-9-5-4-6-10-23/h4-12,15,18,22,24,26,32-33H,13-14,16-17,19-21H2,1-3H3,(H,39,42)/t24?,26?,32-,33+/m1/s1. The van der Waals surface area contributed by atoms with Crippen molar-refractivity contribution in [1.82, 2.24) is 10.2 Å². The van der Waals surface area contributed by atoms with Crippen LogP contribution in [0, 0.1) is 5.92 Å². The number of hydrogen-bond donors (Lipinski definition) is 1. The molecule has 1 N–H and O–H groups in total. The molecular weight excluding hydrogens is 595 g/mol. The molecule has 0 saturated heterocycles. The maximum absolute atomic E-state index is 14.3. The van der Waals surface area contributed by atoms with Crippen molar-refractivity contribution in [3.8, 4) is 0 Å². The van der Waals surface area contributed by atoms with Crippen LogP contribution in [0.1, 0.15) is 91.9 Å². The average Bonchev–Trinajstić information content (AvgIpc) is 2.97. The van der Waals surface area contributed by atoms with Gasteiger partial charge in [0.1, 0.15) is 5.60 Å². The van der Waals surface area contributed by atoms with Crippen LogP contribution in [-0.4, -0.2) is 40.9 Å². The first-order valence-electron chi connectivity index (χ1n) is 15.4. The van der Waals surface area contributed by atoms with Gasteiger partial charge in [0.25, 0.3) is 5.91 Å². The number of benzene rings is 3. The molecule has 2 atom stereocenters. The van der Waals surface area contributed by atoms with Crippen LogP contribution in [0.3, 0.4) is 0 Å². The molecule has 0 radical (unpaired) electrons. The van der Waals surface area contributed by atoms with Gasteiger partial charge >= 0.3 is 5.97 Å². The minimum atomic E-state index is -0.669. The molecule has 44 heavy (non-hydrogen) atoms. The maximum atomic E-state index is 14.3. The Morgan fingerprint density at radius 2 is 1.59 bits per heavy atom. The summed E-state index contributed by atoms with van der Waals surface area (Å²) in [4.78, 5) is 42.9. The number of amides is 2. The van der Waals surface area contributed by atoms with Crippen molar-refractivity contribution >= 4 is 41.0 Å². The Morgan fingerprint density at radius 3 is 2.27 bits per heavy atom. The van der Waals surface area contributed by atoms with Crippen molar-refractivity contribution in [2.75, 3.05) is 6.54 Å². The van der Waals surface area contributed by atoms with Gasteiger partial charge in [0.05, 0.1) is 12.0 Å². The SMILES string of the molecule is CC(C)(C)OC(=O)CC1CCC(N2C(=O)c3ccccc3[C@@H](C(=O)NCCc3ccccc3)[C@@H]2c2ccc(Cl)cc2Cl)CC1. The predicted octanol–water partition coefficient (Wildman–Crippen LogP) is 7.92. The fourth-order valence-corrected chi connectivity index (χ4v) is 7.16. The van der Waals surface area contributed by atoms with Gasteiger partial charge in [-0.2, -0.15) is 0 Å². The molecule has 1 saturated carbocycles. The molecule has 0 spiro atoms. The lowest BCUT2D eigenvalue weighted by molar-refractivity contribution is -0.156. The number of ether oxygens (including phenoxy) is 1. The monoisotopic (exact) mass is 634 g/mol. The van der Waals surface area contributed by atoms with Crippen molar-refractivity contribution in [1.29, 1.82) is 0 Å². The molecule has 1 aliphatic heterocycles. The topological polar surface area (TPSA) is 75.7 Å². The third-order valence-corrected chi connectivity index (χ3v) is 9.14. The number of hydrogen-bond acceptors (Lipinski definition) is 4. The zero-order chi connectivity index (χ0) is 31.4. The fourth-order valence-electron chi connectivity index (χ4n) is 6.64. The number of nitrogens with zero attached hydrogens (tertiary/aromatic N) is 1. The Hall–Kier alpha value is -3.35. The lowest BCUT2D eigenvalue weighted by Crippen LogP contribution is -2.52. The summed E-state index contributed by atoms with van der Waals surface area (Å²) < 4.78 is 5.56. The van der Waals surface area contributed by atoms with E-state index in [1.807, 2.05) is 86.3 Å². The third-order valence-electron chi connectivity index (χ3n) is 8.58. The zero-order valence-corrected chi connectivity index (χ0v) is 27.0. The van der Waals surface area contributed by atoms with Gasteiger partial charge in [-0.25, -0.2) is 0 Å². The summed E-state index contributed by atoms with van der Waals surface area (Å²) in [5.74, 6) is -0.941. The molecule has 0 unspecified atom stereocenters. The van der Waals surface area contributed by atoms with E-state index in [1.54, 1.807) is 12.1 Å². The van der Waals surface area contributed by atoms with Gasteiger partial charge < -0.3 is 15.0 Å². The lowest BCUT2D eigenvalue weighted by Gasteiger charge is -2.47. The highest BCUT2D eigenvalue weighted by atomic mass is 35.5. The Bertz CT molecular complexity index is 1500. The van der Waals surface area contributed by atoms with E-state index < -0.39 is 17.6 Å². The van der Waals surface area contributed by atoms with Crippen molar-refractivity contribution in [2.24, 2.45) is 5.92 Å². The number of rotatable bonds is 8. The summed E-state index contributed by atoms with van der Waals surface area (Å²) in [7, 11) is 0. The van der Waals surface area contributed by atoms with Gasteiger partial charge in [0.15, 0.2) is 0 Å². The molecule has 0 aromatic heterocycles. The molecule has 6 nitrogen and oxygen atoms in total. The van der Waals surface area contributed by atoms with Crippen LogP contribution in [0.2, 0.25) is 10.0 Å². The number of carbonyl (C=O) groups excluding carboxylic acids is 3. The van der Waals surface area contributed by atoms with E-state index in [0.29, 0.717) is 59.0 Å². The van der Waals surface area contributed by atoms with E-state index in [2.05, 4.69) is 5.32 Å². The summed E-state index contributed by atoms with van der Waals surface area (Å²) in [6, 6.07) is 21.9. The van der Waals surface area contributed by atoms with E-state index in [9.17, 15) is 14.4 Å². The third kappa shape index (κ3) is 7.47. The first-order valence-corrected chi connectivity index (χ1v) is 16.2. The number of carbonyl (C=O) groups is 3. The first-order chi connectivity index (χ1) is 21.0. The quantitative estimate of drug-likeness (QED) is 0.255. The molecule has 1 aliphatic carbocycles. The van der Waals surface area contributed by atoms with Gasteiger partial charge in [-0.1, -0.05) is 77.8 Å². The normalized spacial score (nSPS) is 21.8. The Balaban J connectivity index is 1.45. The van der Waals surface area contributed by atoms with Gasteiger partial charge in [-0.3, -0.25) is 14.4 Å². The molecular formula is C36H40Cl2N2O4. The largest absolute Gasteiger partial charge is 0.460 e. The number of fused-ring (bicyclic) bond motifs is 1. The second-order valence-corrected chi connectivity index (χ2v) is 13.7. The van der Waals surface area contributed by atoms with Gasteiger partial charge in [-0.05, 0) is 93.7 Å². The smallest absolute Gasteiger partial charge is 0.306 e. The van der Waals surface area contributed by atoms with Crippen LogP contribution in [0.15, 0.2) is 72.8 Å². The van der Waals surface area contributed by atoms with Crippen molar-refractivity contribution in [3.63, 3.8) is 0 Å². The van der Waals surface area contributed by atoms with Crippen molar-refractivity contribution < 1.29 is 19.1 Å². The summed E-state index contributed by atoms with van der Waals surface area (Å²) in [5, 5.41) is 4.06. The predicted molar refractivity (Wildman–Crippen MR) is 174 cm³/mol. The minimum absolute atomic E-state index is 0.111. The number of halogens is 2. The van der Waals surface area contributed by atoms with Gasteiger partial charge in [-0.15, -0.1) is 0 Å². The second-order valence-electron chi connectivity index (χ2n) is 12.9. The lowest BCUT2D eigenvalue weighted by atomic mass is 9.76. The zero-order valence-electron chi connectivity index (χ0n) is 25.5. The van der Waals surface area contributed by atoms with Crippen LogP contribution in [0.25, 0.3) is 0 Å². The Labute approximate surface area is 270 Å². The van der Waals surface area contributed by atoms with Gasteiger partial charge in [0.2, 0.25) is 5.91 Å². The van der Waals surface area contributed by atoms with Crippen LogP contribution < -0.4 is 5.32 Å². The molecule has 1 heterocycles. The first kappa shape index (κ1) is 32.1. The van der Waals surface area contributed by atoms with E-state index in [0.717, 1.165) is 18.4 Å². The highest BCUT2D eigenvalue weighted by molar-refractivity contribution is 6.35. The Morgan fingerprint density at radius 1 is 0.909 bits per heavy atom. The molecule has 2 amide bonds. The summed E-state index contributed by atoms with van der Waals surface area (Å²) in [6.45, 7) is 6.08. The second kappa shape index (κ2) is 13.7. The maximum Gasteiger partial charge on any atom is 0.306 e. The fraction of sp³-hybridized carbons (Fsp3) is 0.417. The van der Waals surface area contributed by atoms with Crippen molar-refractivity contribution in [3.05, 3.63) is 105 Å². The highest BCUT2D eigenvalue weighted by Gasteiger charge is 2.47.